The second kappa shape index (κ2) is 8.17. The van der Waals surface area contributed by atoms with E-state index in [-0.39, 0.29) is 33.3 Å². The monoisotopic (exact) mass is 411 g/mol. The fourth-order valence-corrected chi connectivity index (χ4v) is 4.13. The molecule has 1 atom stereocenters. The molecule has 2 rings (SSSR count). The standard InChI is InChI=1S/C18H20IO3/c1-4-13(2)22-17-10-8-15(9-11-17)19-16-7-5-6-14(12-16)18(20)21-3/h5-13H,4H2,1-3H3/q-1. The van der Waals surface area contributed by atoms with E-state index >= 15 is 0 Å². The van der Waals surface area contributed by atoms with Crippen molar-refractivity contribution in [2.24, 2.45) is 0 Å². The van der Waals surface area contributed by atoms with Gasteiger partial charge < -0.3 is 0 Å². The van der Waals surface area contributed by atoms with E-state index in [2.05, 4.69) is 32.0 Å². The third kappa shape index (κ3) is 4.73. The van der Waals surface area contributed by atoms with Crippen molar-refractivity contribution in [1.29, 1.82) is 0 Å². The van der Waals surface area contributed by atoms with Gasteiger partial charge in [-0.15, -0.1) is 0 Å². The van der Waals surface area contributed by atoms with Gasteiger partial charge in [-0.1, -0.05) is 0 Å². The summed E-state index contributed by atoms with van der Waals surface area (Å²) in [6, 6.07) is 15.9. The molecule has 3 nitrogen and oxygen atoms in total. The van der Waals surface area contributed by atoms with Gasteiger partial charge in [0.15, 0.2) is 0 Å². The van der Waals surface area contributed by atoms with Crippen LogP contribution in [0.15, 0.2) is 48.5 Å². The van der Waals surface area contributed by atoms with Crippen LogP contribution in [0.2, 0.25) is 0 Å². The number of ether oxygens (including phenoxy) is 2. The number of rotatable bonds is 6. The molecule has 1 unspecified atom stereocenters. The average Bonchev–Trinajstić information content (AvgIpc) is 2.56. The zero-order chi connectivity index (χ0) is 15.9. The van der Waals surface area contributed by atoms with Crippen molar-refractivity contribution >= 4 is 5.97 Å². The van der Waals surface area contributed by atoms with Crippen LogP contribution in [0.25, 0.3) is 0 Å². The molecule has 0 aliphatic heterocycles. The normalized spacial score (nSPS) is 12.0. The predicted octanol–water partition coefficient (Wildman–Crippen LogP) is 0.779. The Bertz CT molecular complexity index is 622. The van der Waals surface area contributed by atoms with Crippen LogP contribution in [0.3, 0.4) is 0 Å². The van der Waals surface area contributed by atoms with E-state index in [1.165, 1.54) is 14.3 Å². The van der Waals surface area contributed by atoms with E-state index in [1.54, 1.807) is 6.07 Å². The molecule has 0 aromatic heterocycles. The van der Waals surface area contributed by atoms with Crippen LogP contribution in [-0.2, 0) is 4.74 Å². The molecule has 0 N–H and O–H groups in total. The zero-order valence-corrected chi connectivity index (χ0v) is 15.2. The second-order valence-corrected chi connectivity index (χ2v) is 7.92. The van der Waals surface area contributed by atoms with E-state index in [0.717, 1.165) is 12.2 Å². The minimum absolute atomic E-state index is 0.234. The number of methoxy groups -OCH3 is 1. The molecular weight excluding hydrogens is 391 g/mol. The maximum absolute atomic E-state index is 11.6. The molecule has 118 valence electrons. The van der Waals surface area contributed by atoms with Crippen LogP contribution in [0.4, 0.5) is 0 Å². The van der Waals surface area contributed by atoms with Crippen molar-refractivity contribution in [3.8, 4) is 5.75 Å². The third-order valence-corrected chi connectivity index (χ3v) is 5.83. The Hall–Kier alpha value is -1.56. The van der Waals surface area contributed by atoms with Crippen LogP contribution in [0, 0.1) is 7.14 Å². The molecule has 0 amide bonds. The molecule has 0 aliphatic rings. The van der Waals surface area contributed by atoms with E-state index in [9.17, 15) is 4.79 Å². The number of carbonyl (C=O) groups is 1. The Labute approximate surface area is 141 Å². The van der Waals surface area contributed by atoms with Gasteiger partial charge in [0.1, 0.15) is 0 Å². The Kier molecular flexibility index (Phi) is 6.24. The van der Waals surface area contributed by atoms with E-state index in [4.69, 9.17) is 9.47 Å². The molecule has 0 aliphatic carbocycles. The molecule has 0 heterocycles. The Morgan fingerprint density at radius 3 is 2.50 bits per heavy atom. The summed E-state index contributed by atoms with van der Waals surface area (Å²) in [6.07, 6.45) is 1.23. The summed E-state index contributed by atoms with van der Waals surface area (Å²) in [7, 11) is 1.40. The molecule has 4 heteroatoms. The van der Waals surface area contributed by atoms with Gasteiger partial charge in [-0.25, -0.2) is 0 Å². The van der Waals surface area contributed by atoms with E-state index < -0.39 is 0 Å². The number of hydrogen-bond donors (Lipinski definition) is 0. The first-order chi connectivity index (χ1) is 10.6. The van der Waals surface area contributed by atoms with Crippen LogP contribution < -0.4 is 25.9 Å². The first-order valence-electron chi connectivity index (χ1n) is 7.22. The molecular formula is C18H20IO3-. The Balaban J connectivity index is 2.06. The number of benzene rings is 2. The van der Waals surface area contributed by atoms with Gasteiger partial charge in [0.25, 0.3) is 0 Å². The summed E-state index contributed by atoms with van der Waals surface area (Å²) in [6.45, 7) is 4.18. The summed E-state index contributed by atoms with van der Waals surface area (Å²) in [5.74, 6) is 0.619. The first kappa shape index (κ1) is 16.8. The number of esters is 1. The topological polar surface area (TPSA) is 35.5 Å². The van der Waals surface area contributed by atoms with Gasteiger partial charge in [0.2, 0.25) is 0 Å². The quantitative estimate of drug-likeness (QED) is 0.521. The molecule has 2 aromatic carbocycles. The summed E-state index contributed by atoms with van der Waals surface area (Å²) in [5, 5.41) is 0. The predicted molar refractivity (Wildman–Crippen MR) is 82.0 cm³/mol. The summed E-state index contributed by atoms with van der Waals surface area (Å²) in [5.41, 5.74) is 0.608. The maximum atomic E-state index is 11.6. The molecule has 0 saturated heterocycles. The number of halogens is 1. The van der Waals surface area contributed by atoms with Gasteiger partial charge >= 0.3 is 142 Å². The number of carbonyl (C=O) groups excluding carboxylic acids is 1. The Morgan fingerprint density at radius 2 is 1.86 bits per heavy atom. The molecule has 0 fully saturated rings. The molecule has 0 spiro atoms. The van der Waals surface area contributed by atoms with Gasteiger partial charge in [0, 0.05) is 0 Å². The molecule has 0 saturated carbocycles. The van der Waals surface area contributed by atoms with Crippen LogP contribution in [-0.4, -0.2) is 19.2 Å². The molecule has 22 heavy (non-hydrogen) atoms. The van der Waals surface area contributed by atoms with E-state index in [0.29, 0.717) is 5.56 Å². The molecule has 0 radical (unpaired) electrons. The molecule has 2 aromatic rings. The summed E-state index contributed by atoms with van der Waals surface area (Å²) in [4.78, 5) is 11.6. The fourth-order valence-electron chi connectivity index (χ4n) is 1.81. The second-order valence-electron chi connectivity index (χ2n) is 4.89. The summed E-state index contributed by atoms with van der Waals surface area (Å²) >= 11 is -0.320. The van der Waals surface area contributed by atoms with Crippen molar-refractivity contribution < 1.29 is 35.5 Å². The van der Waals surface area contributed by atoms with Crippen molar-refractivity contribution in [1.82, 2.24) is 0 Å². The van der Waals surface area contributed by atoms with Gasteiger partial charge in [0.05, 0.1) is 0 Å². The fraction of sp³-hybridized carbons (Fsp3) is 0.278. The Morgan fingerprint density at radius 1 is 1.14 bits per heavy atom. The SMILES string of the molecule is CCC(C)Oc1ccc([I-]c2cccc(C(=O)OC)c2)cc1. The van der Waals surface area contributed by atoms with Crippen molar-refractivity contribution in [3.05, 3.63) is 61.2 Å². The van der Waals surface area contributed by atoms with E-state index in [1.807, 2.05) is 24.3 Å². The number of hydrogen-bond acceptors (Lipinski definition) is 3. The van der Waals surface area contributed by atoms with Crippen molar-refractivity contribution in [2.45, 2.75) is 26.4 Å². The van der Waals surface area contributed by atoms with Gasteiger partial charge in [-0.2, -0.15) is 0 Å². The third-order valence-electron chi connectivity index (χ3n) is 3.19. The first-order valence-corrected chi connectivity index (χ1v) is 9.38. The minimum atomic E-state index is -0.320. The van der Waals surface area contributed by atoms with Crippen LogP contribution in [0.1, 0.15) is 30.6 Å². The van der Waals surface area contributed by atoms with Gasteiger partial charge in [-0.3, -0.25) is 0 Å². The van der Waals surface area contributed by atoms with Crippen molar-refractivity contribution in [3.63, 3.8) is 0 Å². The average molecular weight is 411 g/mol. The molecule has 0 bridgehead atoms. The zero-order valence-electron chi connectivity index (χ0n) is 13.0. The van der Waals surface area contributed by atoms with Gasteiger partial charge in [-0.05, 0) is 0 Å². The van der Waals surface area contributed by atoms with Crippen molar-refractivity contribution in [2.75, 3.05) is 7.11 Å². The summed E-state index contributed by atoms with van der Waals surface area (Å²) < 4.78 is 13.0. The van der Waals surface area contributed by atoms with Crippen LogP contribution in [0.5, 0.6) is 5.75 Å². The van der Waals surface area contributed by atoms with Crippen LogP contribution >= 0.6 is 0 Å².